The molecule has 0 bridgehead atoms. The first-order chi connectivity index (χ1) is 41.0. The molecule has 0 aliphatic rings. The predicted molar refractivity (Wildman–Crippen MR) is 362 cm³/mol. The Bertz CT molecular complexity index is 1750. The van der Waals surface area contributed by atoms with Gasteiger partial charge in [0.2, 0.25) is 0 Å². The van der Waals surface area contributed by atoms with Gasteiger partial charge < -0.3 is 14.2 Å². The normalized spacial score (nSPS) is 13.0. The third kappa shape index (κ3) is 68.2. The Morgan fingerprint density at radius 1 is 0.253 bits per heavy atom. The van der Waals surface area contributed by atoms with Crippen molar-refractivity contribution in [3.63, 3.8) is 0 Å². The molecule has 0 amide bonds. The molecule has 0 aromatic rings. The first-order valence-corrected chi connectivity index (χ1v) is 34.7. The van der Waals surface area contributed by atoms with Gasteiger partial charge in [-0.1, -0.05) is 296 Å². The van der Waals surface area contributed by atoms with Gasteiger partial charge in [0.05, 0.1) is 0 Å². The first kappa shape index (κ1) is 78.5. The molecule has 0 saturated carbocycles. The van der Waals surface area contributed by atoms with Crippen LogP contribution < -0.4 is 0 Å². The van der Waals surface area contributed by atoms with Gasteiger partial charge in [0, 0.05) is 19.3 Å². The molecule has 0 saturated heterocycles. The Morgan fingerprint density at radius 3 is 0.771 bits per heavy atom. The Balaban J connectivity index is 4.27. The number of carbonyl (C=O) groups is 3. The number of carbonyl (C=O) groups excluding carboxylic acids is 3. The summed E-state index contributed by atoms with van der Waals surface area (Å²) in [5.74, 6) is -0.935. The molecule has 6 nitrogen and oxygen atoms in total. The lowest BCUT2D eigenvalue weighted by Crippen LogP contribution is -2.30. The molecule has 0 aliphatic heterocycles. The highest BCUT2D eigenvalue weighted by Crippen LogP contribution is 2.16. The molecule has 0 fully saturated rings. The van der Waals surface area contributed by atoms with Crippen molar-refractivity contribution < 1.29 is 28.6 Å². The van der Waals surface area contributed by atoms with Crippen LogP contribution in [0.1, 0.15) is 316 Å². The van der Waals surface area contributed by atoms with E-state index in [1.807, 2.05) is 0 Å². The van der Waals surface area contributed by atoms with Crippen molar-refractivity contribution >= 4 is 17.9 Å². The summed E-state index contributed by atoms with van der Waals surface area (Å²) in [5.41, 5.74) is 0. The summed E-state index contributed by atoms with van der Waals surface area (Å²) in [4.78, 5) is 38.4. The minimum atomic E-state index is -0.802. The van der Waals surface area contributed by atoms with E-state index in [0.29, 0.717) is 19.3 Å². The van der Waals surface area contributed by atoms with Crippen LogP contribution in [0, 0.1) is 0 Å². The van der Waals surface area contributed by atoms with Crippen LogP contribution in [-0.4, -0.2) is 37.2 Å². The van der Waals surface area contributed by atoms with Gasteiger partial charge in [-0.3, -0.25) is 14.4 Å². The molecule has 0 radical (unpaired) electrons. The lowest BCUT2D eigenvalue weighted by Gasteiger charge is -2.18. The summed E-state index contributed by atoms with van der Waals surface area (Å²) in [5, 5.41) is 0. The minimum Gasteiger partial charge on any atom is -0.462 e. The van der Waals surface area contributed by atoms with Crippen LogP contribution >= 0.6 is 0 Å². The monoisotopic (exact) mass is 1150 g/mol. The van der Waals surface area contributed by atoms with Crippen molar-refractivity contribution in [1.29, 1.82) is 0 Å². The minimum absolute atomic E-state index is 0.0943. The number of hydrogen-bond acceptors (Lipinski definition) is 6. The van der Waals surface area contributed by atoms with Crippen LogP contribution in [0.3, 0.4) is 0 Å². The van der Waals surface area contributed by atoms with Crippen LogP contribution in [0.15, 0.2) is 134 Å². The standard InChI is InChI=1S/C77H128O6/c1-4-7-10-13-16-19-22-25-28-30-31-32-33-34-35-36-37-38-39-40-41-42-43-44-45-47-49-52-55-58-61-64-67-70-76(79)82-73-74(72-81-75(78)69-66-63-60-57-54-51-48-27-24-21-18-15-12-9-6-3)83-77(80)71-68-65-62-59-56-53-50-46-29-26-23-20-17-14-11-8-5-2/h7,9-10,12,16,18-19,21,25-29,31-32,34-35,37-38,48,54,57,74H,4-6,8,11,13-15,17,20,22-24,30,33,36,39-47,49-53,55-56,58-73H2,1-3H3/b10-7-,12-9-,19-16-,21-18-,28-25-,29-26-,32-31-,35-34-,38-37-,48-27-,57-54-. The molecule has 472 valence electrons. The molecular formula is C77H128O6. The van der Waals surface area contributed by atoms with Crippen molar-refractivity contribution in [2.75, 3.05) is 13.2 Å². The summed E-state index contributed by atoms with van der Waals surface area (Å²) in [6.07, 6.45) is 99.1. The number of rotatable bonds is 62. The van der Waals surface area contributed by atoms with Gasteiger partial charge in [-0.2, -0.15) is 0 Å². The maximum Gasteiger partial charge on any atom is 0.306 e. The Labute approximate surface area is 513 Å². The molecule has 0 spiro atoms. The van der Waals surface area contributed by atoms with Gasteiger partial charge in [-0.05, 0) is 135 Å². The van der Waals surface area contributed by atoms with Gasteiger partial charge in [0.1, 0.15) is 13.2 Å². The lowest BCUT2D eigenvalue weighted by molar-refractivity contribution is -0.167. The molecule has 0 aromatic heterocycles. The zero-order valence-electron chi connectivity index (χ0n) is 54.2. The van der Waals surface area contributed by atoms with E-state index >= 15 is 0 Å². The van der Waals surface area contributed by atoms with E-state index in [1.165, 1.54) is 154 Å². The molecule has 0 rings (SSSR count). The summed E-state index contributed by atoms with van der Waals surface area (Å²) in [6.45, 7) is 6.39. The molecule has 1 atom stereocenters. The van der Waals surface area contributed by atoms with Crippen molar-refractivity contribution in [3.05, 3.63) is 134 Å². The molecule has 83 heavy (non-hydrogen) atoms. The molecule has 1 unspecified atom stereocenters. The van der Waals surface area contributed by atoms with Gasteiger partial charge in [0.25, 0.3) is 0 Å². The van der Waals surface area contributed by atoms with Crippen LogP contribution in [0.2, 0.25) is 0 Å². The zero-order chi connectivity index (χ0) is 59.9. The van der Waals surface area contributed by atoms with E-state index in [2.05, 4.69) is 154 Å². The van der Waals surface area contributed by atoms with Crippen molar-refractivity contribution in [3.8, 4) is 0 Å². The van der Waals surface area contributed by atoms with Gasteiger partial charge in [-0.15, -0.1) is 0 Å². The molecule has 0 heterocycles. The van der Waals surface area contributed by atoms with Crippen molar-refractivity contribution in [2.24, 2.45) is 0 Å². The van der Waals surface area contributed by atoms with E-state index in [9.17, 15) is 14.4 Å². The molecule has 0 aliphatic carbocycles. The maximum atomic E-state index is 12.9. The highest BCUT2D eigenvalue weighted by molar-refractivity contribution is 5.71. The van der Waals surface area contributed by atoms with E-state index < -0.39 is 6.10 Å². The van der Waals surface area contributed by atoms with E-state index in [1.54, 1.807) is 0 Å². The smallest absolute Gasteiger partial charge is 0.306 e. The fourth-order valence-corrected chi connectivity index (χ4v) is 9.49. The number of hydrogen-bond donors (Lipinski definition) is 0. The molecule has 0 aromatic carbocycles. The van der Waals surface area contributed by atoms with Crippen molar-refractivity contribution in [2.45, 2.75) is 322 Å². The van der Waals surface area contributed by atoms with E-state index in [0.717, 1.165) is 122 Å². The lowest BCUT2D eigenvalue weighted by atomic mass is 10.0. The Kier molecular flexibility index (Phi) is 66.3. The fraction of sp³-hybridized carbons (Fsp3) is 0.675. The quantitative estimate of drug-likeness (QED) is 0.0261. The van der Waals surface area contributed by atoms with Gasteiger partial charge in [-0.25, -0.2) is 0 Å². The fourth-order valence-electron chi connectivity index (χ4n) is 9.49. The highest BCUT2D eigenvalue weighted by atomic mass is 16.6. The average molecular weight is 1150 g/mol. The van der Waals surface area contributed by atoms with Crippen LogP contribution in [0.4, 0.5) is 0 Å². The number of esters is 3. The Morgan fingerprint density at radius 2 is 0.470 bits per heavy atom. The van der Waals surface area contributed by atoms with Crippen LogP contribution in [0.5, 0.6) is 0 Å². The number of ether oxygens (including phenoxy) is 3. The van der Waals surface area contributed by atoms with Gasteiger partial charge in [0.15, 0.2) is 6.10 Å². The second-order valence-corrected chi connectivity index (χ2v) is 22.7. The van der Waals surface area contributed by atoms with E-state index in [-0.39, 0.29) is 31.1 Å². The highest BCUT2D eigenvalue weighted by Gasteiger charge is 2.19. The van der Waals surface area contributed by atoms with Crippen molar-refractivity contribution in [1.82, 2.24) is 0 Å². The topological polar surface area (TPSA) is 78.9 Å². The largest absolute Gasteiger partial charge is 0.462 e. The van der Waals surface area contributed by atoms with Gasteiger partial charge >= 0.3 is 17.9 Å². The molecule has 0 N–H and O–H groups in total. The zero-order valence-corrected chi connectivity index (χ0v) is 54.2. The Hall–Kier alpha value is -4.45. The molecule has 6 heteroatoms. The summed E-state index contributed by atoms with van der Waals surface area (Å²) < 4.78 is 16.9. The summed E-state index contributed by atoms with van der Waals surface area (Å²) >= 11 is 0. The third-order valence-electron chi connectivity index (χ3n) is 14.6. The average Bonchev–Trinajstić information content (AvgIpc) is 3.49. The summed E-state index contributed by atoms with van der Waals surface area (Å²) in [6, 6.07) is 0. The maximum absolute atomic E-state index is 12.9. The third-order valence-corrected chi connectivity index (χ3v) is 14.6. The second kappa shape index (κ2) is 70.0. The van der Waals surface area contributed by atoms with Crippen LogP contribution in [0.25, 0.3) is 0 Å². The second-order valence-electron chi connectivity index (χ2n) is 22.7. The number of allylic oxidation sites excluding steroid dienone is 22. The predicted octanol–water partition coefficient (Wildman–Crippen LogP) is 24.1. The number of unbranched alkanes of at least 4 members (excludes halogenated alkanes) is 29. The molecular weight excluding hydrogens is 1020 g/mol. The first-order valence-electron chi connectivity index (χ1n) is 34.7. The van der Waals surface area contributed by atoms with E-state index in [4.69, 9.17) is 14.2 Å². The van der Waals surface area contributed by atoms with Crippen LogP contribution in [-0.2, 0) is 28.6 Å². The SMILES string of the molecule is CC/C=C\C/C=C\C/C=C\C/C=C\C/C=C\C/C=C\CCCCCCCCCCCCCCCCC(=O)OCC(COC(=O)CCCC/C=C\C/C=C\C/C=C\C/C=C\CC)OC(=O)CCCCCCCCC/C=C\CCCCCCCC. The summed E-state index contributed by atoms with van der Waals surface area (Å²) in [7, 11) is 0.